The molecule has 30 heavy (non-hydrogen) atoms. The average molecular weight is 403 g/mol. The van der Waals surface area contributed by atoms with Crippen molar-refractivity contribution in [2.45, 2.75) is 26.8 Å². The molecule has 1 heterocycles. The maximum atomic E-state index is 12.7. The summed E-state index contributed by atoms with van der Waals surface area (Å²) in [4.78, 5) is 25.2. The Morgan fingerprint density at radius 2 is 1.87 bits per heavy atom. The number of rotatable bonds is 8. The molecule has 0 radical (unpaired) electrons. The fourth-order valence-electron chi connectivity index (χ4n) is 2.88. The van der Waals surface area contributed by atoms with Crippen LogP contribution in [0.25, 0.3) is 0 Å². The number of ether oxygens (including phenoxy) is 1. The van der Waals surface area contributed by atoms with E-state index in [-0.39, 0.29) is 11.1 Å². The first-order valence-electron chi connectivity index (χ1n) is 9.88. The van der Waals surface area contributed by atoms with Gasteiger partial charge in [-0.2, -0.15) is 5.10 Å². The van der Waals surface area contributed by atoms with Crippen LogP contribution in [0.4, 0.5) is 0 Å². The zero-order valence-electron chi connectivity index (χ0n) is 17.2. The lowest BCUT2D eigenvalue weighted by molar-refractivity contribution is 0.0953. The van der Waals surface area contributed by atoms with Crippen LogP contribution in [0, 0.1) is 6.92 Å². The topological polar surface area (TPSA) is 72.7 Å². The van der Waals surface area contributed by atoms with E-state index in [2.05, 4.69) is 10.5 Å². The highest BCUT2D eigenvalue weighted by Crippen LogP contribution is 2.15. The number of aryl methyl sites for hydroxylation is 1. The molecule has 6 nitrogen and oxygen atoms in total. The van der Waals surface area contributed by atoms with Crippen molar-refractivity contribution in [3.63, 3.8) is 0 Å². The molecule has 1 aromatic heterocycles. The molecule has 1 amide bonds. The van der Waals surface area contributed by atoms with Crippen LogP contribution in [0.15, 0.2) is 76.8 Å². The Hall–Kier alpha value is -3.67. The van der Waals surface area contributed by atoms with Crippen LogP contribution in [-0.4, -0.2) is 23.3 Å². The van der Waals surface area contributed by atoms with Gasteiger partial charge in [0.15, 0.2) is 0 Å². The second kappa shape index (κ2) is 10.2. The Balaban J connectivity index is 1.71. The molecule has 0 spiro atoms. The minimum atomic E-state index is -0.554. The number of hydrazone groups is 1. The average Bonchev–Trinajstić information content (AvgIpc) is 2.76. The summed E-state index contributed by atoms with van der Waals surface area (Å²) in [5, 5.41) is 4.00. The predicted molar refractivity (Wildman–Crippen MR) is 118 cm³/mol. The third kappa shape index (κ3) is 5.44. The van der Waals surface area contributed by atoms with Crippen molar-refractivity contribution >= 4 is 12.1 Å². The lowest BCUT2D eigenvalue weighted by atomic mass is 10.1. The van der Waals surface area contributed by atoms with Crippen molar-refractivity contribution in [1.82, 2.24) is 9.99 Å². The first kappa shape index (κ1) is 21.0. The summed E-state index contributed by atoms with van der Waals surface area (Å²) < 4.78 is 7.18. The van der Waals surface area contributed by atoms with Crippen LogP contribution >= 0.6 is 0 Å². The van der Waals surface area contributed by atoms with Gasteiger partial charge in [0.2, 0.25) is 0 Å². The monoisotopic (exact) mass is 403 g/mol. The van der Waals surface area contributed by atoms with Gasteiger partial charge in [0.05, 0.1) is 19.4 Å². The van der Waals surface area contributed by atoms with Crippen LogP contribution in [0.2, 0.25) is 0 Å². The quantitative estimate of drug-likeness (QED) is 0.460. The highest BCUT2D eigenvalue weighted by molar-refractivity contribution is 5.94. The third-order valence-electron chi connectivity index (χ3n) is 4.49. The molecule has 0 saturated carbocycles. The summed E-state index contributed by atoms with van der Waals surface area (Å²) >= 11 is 0. The van der Waals surface area contributed by atoms with Gasteiger partial charge in [0, 0.05) is 11.8 Å². The highest BCUT2D eigenvalue weighted by Gasteiger charge is 2.12. The molecule has 0 saturated heterocycles. The standard InChI is InChI=1S/C24H25N3O3/c1-3-15-30-22-9-5-4-7-20(22)16-25-26-23(28)21-8-6-14-27(24(21)29)17-19-12-10-18(2)11-13-19/h4-14,16H,3,15,17H2,1-2H3,(H,26,28)/b25-16-. The molecular weight excluding hydrogens is 378 g/mol. The molecule has 1 N–H and O–H groups in total. The molecule has 0 aliphatic heterocycles. The van der Waals surface area contributed by atoms with Gasteiger partial charge in [-0.15, -0.1) is 0 Å². The van der Waals surface area contributed by atoms with Crippen molar-refractivity contribution in [3.05, 3.63) is 99.5 Å². The number of para-hydroxylation sites is 1. The molecule has 6 heteroatoms. The number of aromatic nitrogens is 1. The van der Waals surface area contributed by atoms with Crippen molar-refractivity contribution in [3.8, 4) is 5.75 Å². The van der Waals surface area contributed by atoms with Crippen molar-refractivity contribution < 1.29 is 9.53 Å². The van der Waals surface area contributed by atoms with E-state index >= 15 is 0 Å². The summed E-state index contributed by atoms with van der Waals surface area (Å²) in [6.45, 7) is 5.03. The van der Waals surface area contributed by atoms with Gasteiger partial charge in [0.1, 0.15) is 11.3 Å². The lowest BCUT2D eigenvalue weighted by Crippen LogP contribution is -2.30. The number of benzene rings is 2. The first-order valence-corrected chi connectivity index (χ1v) is 9.88. The van der Waals surface area contributed by atoms with Crippen molar-refractivity contribution in [2.24, 2.45) is 5.10 Å². The smallest absolute Gasteiger partial charge is 0.276 e. The number of amides is 1. The zero-order chi connectivity index (χ0) is 21.3. The fourth-order valence-corrected chi connectivity index (χ4v) is 2.88. The molecule has 3 aromatic rings. The van der Waals surface area contributed by atoms with Crippen LogP contribution in [-0.2, 0) is 6.54 Å². The van der Waals surface area contributed by atoms with E-state index in [1.165, 1.54) is 16.8 Å². The zero-order valence-corrected chi connectivity index (χ0v) is 17.2. The Morgan fingerprint density at radius 3 is 2.63 bits per heavy atom. The molecule has 0 bridgehead atoms. The van der Waals surface area contributed by atoms with Crippen LogP contribution in [0.1, 0.15) is 40.4 Å². The van der Waals surface area contributed by atoms with E-state index in [9.17, 15) is 9.59 Å². The molecule has 0 aliphatic rings. The van der Waals surface area contributed by atoms with Gasteiger partial charge >= 0.3 is 0 Å². The minimum Gasteiger partial charge on any atom is -0.493 e. The molecule has 0 fully saturated rings. The van der Waals surface area contributed by atoms with E-state index in [1.807, 2.05) is 62.4 Å². The molecule has 2 aromatic carbocycles. The molecule has 0 atom stereocenters. The third-order valence-corrected chi connectivity index (χ3v) is 4.49. The maximum absolute atomic E-state index is 12.7. The maximum Gasteiger partial charge on any atom is 0.276 e. The van der Waals surface area contributed by atoms with E-state index in [0.29, 0.717) is 18.9 Å². The summed E-state index contributed by atoms with van der Waals surface area (Å²) in [5.41, 5.74) is 4.99. The van der Waals surface area contributed by atoms with Gasteiger partial charge in [-0.3, -0.25) is 9.59 Å². The number of hydrogen-bond acceptors (Lipinski definition) is 4. The summed E-state index contributed by atoms with van der Waals surface area (Å²) in [5.74, 6) is 0.138. The number of carbonyl (C=O) groups is 1. The molecule has 154 valence electrons. The minimum absolute atomic E-state index is 0.0391. The number of hydrogen-bond donors (Lipinski definition) is 1. The Kier molecular flexibility index (Phi) is 7.16. The second-order valence-corrected chi connectivity index (χ2v) is 6.93. The SMILES string of the molecule is CCCOc1ccccc1/C=N\NC(=O)c1cccn(Cc2ccc(C)cc2)c1=O. The van der Waals surface area contributed by atoms with Crippen molar-refractivity contribution in [2.75, 3.05) is 6.61 Å². The second-order valence-electron chi connectivity index (χ2n) is 6.93. The fraction of sp³-hybridized carbons (Fsp3) is 0.208. The van der Waals surface area contributed by atoms with E-state index in [1.54, 1.807) is 12.3 Å². The van der Waals surface area contributed by atoms with E-state index in [4.69, 9.17) is 4.74 Å². The molecule has 0 aliphatic carbocycles. The van der Waals surface area contributed by atoms with Gasteiger partial charge < -0.3 is 9.30 Å². The molecule has 3 rings (SSSR count). The van der Waals surface area contributed by atoms with Gasteiger partial charge in [-0.05, 0) is 43.2 Å². The highest BCUT2D eigenvalue weighted by atomic mass is 16.5. The number of nitrogens with one attached hydrogen (secondary N) is 1. The predicted octanol–water partition coefficient (Wildman–Crippen LogP) is 3.76. The lowest BCUT2D eigenvalue weighted by Gasteiger charge is -2.08. The number of pyridine rings is 1. The first-order chi connectivity index (χ1) is 14.6. The Bertz CT molecular complexity index is 1090. The molecular formula is C24H25N3O3. The van der Waals surface area contributed by atoms with E-state index in [0.717, 1.165) is 23.1 Å². The van der Waals surface area contributed by atoms with Gasteiger partial charge in [-0.25, -0.2) is 5.43 Å². The van der Waals surface area contributed by atoms with Gasteiger partial charge in [0.25, 0.3) is 11.5 Å². The molecule has 0 unspecified atom stereocenters. The number of nitrogens with zero attached hydrogens (tertiary/aromatic N) is 2. The summed E-state index contributed by atoms with van der Waals surface area (Å²) in [6, 6.07) is 18.5. The summed E-state index contributed by atoms with van der Waals surface area (Å²) in [7, 11) is 0. The normalized spacial score (nSPS) is 10.9. The van der Waals surface area contributed by atoms with E-state index < -0.39 is 5.91 Å². The van der Waals surface area contributed by atoms with Gasteiger partial charge in [-0.1, -0.05) is 48.9 Å². The summed E-state index contributed by atoms with van der Waals surface area (Å²) in [6.07, 6.45) is 4.07. The Morgan fingerprint density at radius 1 is 1.10 bits per heavy atom. The van der Waals surface area contributed by atoms with Crippen molar-refractivity contribution in [1.29, 1.82) is 0 Å². The Labute approximate surface area is 175 Å². The van der Waals surface area contributed by atoms with Crippen LogP contribution < -0.4 is 15.7 Å². The van der Waals surface area contributed by atoms with Crippen LogP contribution in [0.3, 0.4) is 0 Å². The van der Waals surface area contributed by atoms with Crippen LogP contribution in [0.5, 0.6) is 5.75 Å². The largest absolute Gasteiger partial charge is 0.493 e. The number of carbonyl (C=O) groups excluding carboxylic acids is 1.